The van der Waals surface area contributed by atoms with E-state index in [2.05, 4.69) is 52.1 Å². The van der Waals surface area contributed by atoms with E-state index >= 15 is 0 Å². The number of hydrogen-bond donors (Lipinski definition) is 1. The second-order valence-electron chi connectivity index (χ2n) is 4.56. The van der Waals surface area contributed by atoms with Gasteiger partial charge in [0.1, 0.15) is 0 Å². The molecule has 1 aromatic carbocycles. The van der Waals surface area contributed by atoms with E-state index in [1.165, 1.54) is 5.56 Å². The van der Waals surface area contributed by atoms with E-state index in [-0.39, 0.29) is 0 Å². The number of nitrogens with zero attached hydrogens (tertiary/aromatic N) is 2. The van der Waals surface area contributed by atoms with Gasteiger partial charge in [-0.15, -0.1) is 0 Å². The molecule has 0 spiro atoms. The summed E-state index contributed by atoms with van der Waals surface area (Å²) in [6.07, 6.45) is 4.94. The fourth-order valence-corrected chi connectivity index (χ4v) is 3.43. The first-order valence-corrected chi connectivity index (χ1v) is 7.50. The van der Waals surface area contributed by atoms with Crippen molar-refractivity contribution in [3.8, 4) is 0 Å². The van der Waals surface area contributed by atoms with Crippen LogP contribution < -0.4 is 5.32 Å². The molecule has 4 heteroatoms. The van der Waals surface area contributed by atoms with Crippen LogP contribution in [0.1, 0.15) is 24.9 Å². The van der Waals surface area contributed by atoms with Gasteiger partial charge in [-0.1, -0.05) is 49.0 Å². The maximum Gasteiger partial charge on any atom is 0.168 e. The van der Waals surface area contributed by atoms with Gasteiger partial charge >= 0.3 is 0 Å². The molecule has 2 unspecified atom stereocenters. The highest BCUT2D eigenvalue weighted by Gasteiger charge is 2.22. The summed E-state index contributed by atoms with van der Waals surface area (Å²) in [5, 5.41) is 4.98. The minimum atomic E-state index is 0.341. The largest absolute Gasteiger partial charge is 0.329 e. The summed E-state index contributed by atoms with van der Waals surface area (Å²) in [6.45, 7) is 2.23. The number of thioether (sulfide) groups is 1. The number of nitrogens with one attached hydrogen (secondary N) is 1. The molecule has 0 aliphatic heterocycles. The van der Waals surface area contributed by atoms with Crippen LogP contribution in [-0.4, -0.2) is 21.8 Å². The smallest absolute Gasteiger partial charge is 0.168 e. The molecule has 1 N–H and O–H groups in total. The highest BCUT2D eigenvalue weighted by Crippen LogP contribution is 2.33. The second-order valence-corrected chi connectivity index (χ2v) is 5.77. The van der Waals surface area contributed by atoms with Gasteiger partial charge in [-0.2, -0.15) is 0 Å². The maximum absolute atomic E-state index is 4.41. The Bertz CT molecular complexity index is 495. The number of aromatic nitrogens is 2. The molecule has 0 aliphatic rings. The van der Waals surface area contributed by atoms with Crippen molar-refractivity contribution in [3.05, 3.63) is 48.3 Å². The van der Waals surface area contributed by atoms with E-state index in [0.29, 0.717) is 11.3 Å². The molecule has 2 atom stereocenters. The normalized spacial score (nSPS) is 14.3. The van der Waals surface area contributed by atoms with Gasteiger partial charge in [-0.3, -0.25) is 0 Å². The van der Waals surface area contributed by atoms with E-state index in [9.17, 15) is 0 Å². The minimum Gasteiger partial charge on any atom is -0.329 e. The molecule has 0 amide bonds. The van der Waals surface area contributed by atoms with Gasteiger partial charge in [0.15, 0.2) is 5.16 Å². The van der Waals surface area contributed by atoms with Crippen LogP contribution >= 0.6 is 11.8 Å². The Balaban J connectivity index is 2.17. The Morgan fingerprint density at radius 3 is 2.58 bits per heavy atom. The zero-order valence-corrected chi connectivity index (χ0v) is 12.5. The summed E-state index contributed by atoms with van der Waals surface area (Å²) in [5.74, 6) is 0. The standard InChI is InChI=1S/C15H21N3S/c1-4-13(19-15-17-10-11-18(15)3)14(16-2)12-8-6-5-7-9-12/h5-11,13-14,16H,4H2,1-3H3. The van der Waals surface area contributed by atoms with Gasteiger partial charge in [0, 0.05) is 30.7 Å². The molecule has 0 radical (unpaired) electrons. The van der Waals surface area contributed by atoms with Crippen molar-refractivity contribution in [1.82, 2.24) is 14.9 Å². The predicted molar refractivity (Wildman–Crippen MR) is 81.4 cm³/mol. The first-order valence-electron chi connectivity index (χ1n) is 6.62. The number of rotatable bonds is 6. The van der Waals surface area contributed by atoms with Crippen molar-refractivity contribution >= 4 is 11.8 Å². The van der Waals surface area contributed by atoms with E-state index in [0.717, 1.165) is 11.6 Å². The molecule has 0 fully saturated rings. The maximum atomic E-state index is 4.41. The van der Waals surface area contributed by atoms with E-state index < -0.39 is 0 Å². The predicted octanol–water partition coefficient (Wildman–Crippen LogP) is 3.25. The lowest BCUT2D eigenvalue weighted by atomic mass is 10.0. The Hall–Kier alpha value is -1.26. The van der Waals surface area contributed by atoms with Crippen LogP contribution in [0, 0.1) is 0 Å². The van der Waals surface area contributed by atoms with Crippen LogP contribution in [0.2, 0.25) is 0 Å². The lowest BCUT2D eigenvalue weighted by Crippen LogP contribution is -2.27. The topological polar surface area (TPSA) is 29.9 Å². The molecule has 0 saturated heterocycles. The third kappa shape index (κ3) is 3.39. The fraction of sp³-hybridized carbons (Fsp3) is 0.400. The van der Waals surface area contributed by atoms with Gasteiger partial charge in [0.05, 0.1) is 0 Å². The first-order chi connectivity index (χ1) is 9.26. The summed E-state index contributed by atoms with van der Waals surface area (Å²) in [5.41, 5.74) is 1.33. The van der Waals surface area contributed by atoms with E-state index in [1.54, 1.807) is 0 Å². The average Bonchev–Trinajstić information content (AvgIpc) is 2.85. The highest BCUT2D eigenvalue weighted by molar-refractivity contribution is 7.99. The number of aryl methyl sites for hydroxylation is 1. The monoisotopic (exact) mass is 275 g/mol. The van der Waals surface area contributed by atoms with Crippen molar-refractivity contribution < 1.29 is 0 Å². The number of benzene rings is 1. The molecule has 1 aromatic heterocycles. The van der Waals surface area contributed by atoms with E-state index in [1.807, 2.05) is 38.3 Å². The van der Waals surface area contributed by atoms with Gasteiger partial charge < -0.3 is 9.88 Å². The minimum absolute atomic E-state index is 0.341. The molecule has 2 aromatic rings. The van der Waals surface area contributed by atoms with Crippen molar-refractivity contribution in [3.63, 3.8) is 0 Å². The zero-order valence-electron chi connectivity index (χ0n) is 11.7. The number of hydrogen-bond acceptors (Lipinski definition) is 3. The Morgan fingerprint density at radius 1 is 1.32 bits per heavy atom. The summed E-state index contributed by atoms with van der Waals surface area (Å²) in [6, 6.07) is 11.0. The Kier molecular flexibility index (Phi) is 5.05. The molecular weight excluding hydrogens is 254 g/mol. The van der Waals surface area contributed by atoms with Crippen molar-refractivity contribution in [1.29, 1.82) is 0 Å². The lowest BCUT2D eigenvalue weighted by Gasteiger charge is -2.25. The molecule has 102 valence electrons. The van der Waals surface area contributed by atoms with Crippen LogP contribution in [0.4, 0.5) is 0 Å². The van der Waals surface area contributed by atoms with Crippen LogP contribution in [0.15, 0.2) is 47.9 Å². The molecule has 0 aliphatic carbocycles. The molecule has 19 heavy (non-hydrogen) atoms. The van der Waals surface area contributed by atoms with E-state index in [4.69, 9.17) is 0 Å². The molecule has 0 bridgehead atoms. The van der Waals surface area contributed by atoms with Gasteiger partial charge in [0.25, 0.3) is 0 Å². The van der Waals surface area contributed by atoms with Gasteiger partial charge in [-0.25, -0.2) is 4.98 Å². The fourth-order valence-electron chi connectivity index (χ4n) is 2.22. The molecule has 1 heterocycles. The summed E-state index contributed by atoms with van der Waals surface area (Å²) in [4.78, 5) is 4.41. The van der Waals surface area contributed by atoms with Crippen LogP contribution in [0.3, 0.4) is 0 Å². The van der Waals surface area contributed by atoms with Gasteiger partial charge in [0.2, 0.25) is 0 Å². The summed E-state index contributed by atoms with van der Waals surface area (Å²) < 4.78 is 2.07. The first kappa shape index (κ1) is 14.2. The molecule has 2 rings (SSSR count). The Morgan fingerprint density at radius 2 is 2.05 bits per heavy atom. The third-order valence-electron chi connectivity index (χ3n) is 3.28. The average molecular weight is 275 g/mol. The highest BCUT2D eigenvalue weighted by atomic mass is 32.2. The van der Waals surface area contributed by atoms with Crippen molar-refractivity contribution in [2.24, 2.45) is 7.05 Å². The second kappa shape index (κ2) is 6.78. The zero-order chi connectivity index (χ0) is 13.7. The Labute approximate surface area is 119 Å². The molecular formula is C15H21N3S. The van der Waals surface area contributed by atoms with Crippen LogP contribution in [0.25, 0.3) is 0 Å². The molecule has 0 saturated carbocycles. The number of imidazole rings is 1. The summed E-state index contributed by atoms with van der Waals surface area (Å²) in [7, 11) is 4.07. The van der Waals surface area contributed by atoms with Gasteiger partial charge in [-0.05, 0) is 19.0 Å². The SMILES string of the molecule is CCC(Sc1nccn1C)C(NC)c1ccccc1. The summed E-state index contributed by atoms with van der Waals surface area (Å²) >= 11 is 1.84. The van der Waals surface area contributed by atoms with Crippen molar-refractivity contribution in [2.45, 2.75) is 29.8 Å². The van der Waals surface area contributed by atoms with Crippen LogP contribution in [0.5, 0.6) is 0 Å². The van der Waals surface area contributed by atoms with Crippen molar-refractivity contribution in [2.75, 3.05) is 7.05 Å². The quantitative estimate of drug-likeness (QED) is 0.821. The van der Waals surface area contributed by atoms with Crippen LogP contribution in [-0.2, 0) is 7.05 Å². The third-order valence-corrected chi connectivity index (χ3v) is 4.79. The molecule has 3 nitrogen and oxygen atoms in total. The lowest BCUT2D eigenvalue weighted by molar-refractivity contribution is 0.553.